The Morgan fingerprint density at radius 2 is 1.92 bits per heavy atom. The third kappa shape index (κ3) is 2.97. The quantitative estimate of drug-likeness (QED) is 0.669. The molecule has 0 aromatic heterocycles. The Kier molecular flexibility index (Phi) is 4.35. The molecule has 4 nitrogen and oxygen atoms in total. The van der Waals surface area contributed by atoms with Gasteiger partial charge in [-0.05, 0) is 71.3 Å². The molecule has 4 rings (SSSR count). The molecular formula is C19H18INO3. The van der Waals surface area contributed by atoms with Gasteiger partial charge in [-0.2, -0.15) is 0 Å². The van der Waals surface area contributed by atoms with Gasteiger partial charge >= 0.3 is 0 Å². The Bertz CT molecular complexity index is 777. The maximum atomic E-state index is 12.9. The molecule has 2 aliphatic heterocycles. The van der Waals surface area contributed by atoms with Crippen molar-refractivity contribution in [1.82, 2.24) is 4.90 Å². The average Bonchev–Trinajstić information content (AvgIpc) is 3.10. The van der Waals surface area contributed by atoms with Crippen LogP contribution in [-0.4, -0.2) is 30.6 Å². The number of halogens is 1. The van der Waals surface area contributed by atoms with E-state index in [-0.39, 0.29) is 11.9 Å². The molecule has 1 atom stereocenters. The largest absolute Gasteiger partial charge is 0.486 e. The zero-order chi connectivity index (χ0) is 16.5. The van der Waals surface area contributed by atoms with E-state index >= 15 is 0 Å². The van der Waals surface area contributed by atoms with Gasteiger partial charge < -0.3 is 14.4 Å². The smallest absolute Gasteiger partial charge is 0.254 e. The van der Waals surface area contributed by atoms with Crippen molar-refractivity contribution in [3.8, 4) is 11.5 Å². The minimum Gasteiger partial charge on any atom is -0.486 e. The van der Waals surface area contributed by atoms with Gasteiger partial charge in [-0.25, -0.2) is 0 Å². The first-order valence-electron chi connectivity index (χ1n) is 8.18. The first-order valence-corrected chi connectivity index (χ1v) is 9.26. The number of amides is 1. The highest BCUT2D eigenvalue weighted by Gasteiger charge is 2.31. The average molecular weight is 435 g/mol. The van der Waals surface area contributed by atoms with Crippen LogP contribution >= 0.6 is 22.6 Å². The molecule has 24 heavy (non-hydrogen) atoms. The number of carbonyl (C=O) groups is 1. The molecule has 124 valence electrons. The molecule has 5 heteroatoms. The molecule has 0 N–H and O–H groups in total. The fraction of sp³-hybridized carbons (Fsp3) is 0.316. The summed E-state index contributed by atoms with van der Waals surface area (Å²) in [5.41, 5.74) is 1.88. The van der Waals surface area contributed by atoms with Crippen LogP contribution < -0.4 is 9.47 Å². The van der Waals surface area contributed by atoms with Gasteiger partial charge in [-0.1, -0.05) is 12.1 Å². The van der Waals surface area contributed by atoms with Crippen molar-refractivity contribution < 1.29 is 14.3 Å². The molecule has 2 aliphatic rings. The number of benzene rings is 2. The summed E-state index contributed by atoms with van der Waals surface area (Å²) < 4.78 is 12.4. The van der Waals surface area contributed by atoms with Crippen LogP contribution in [0.25, 0.3) is 0 Å². The highest BCUT2D eigenvalue weighted by molar-refractivity contribution is 14.1. The predicted molar refractivity (Wildman–Crippen MR) is 99.6 cm³/mol. The second-order valence-electron chi connectivity index (χ2n) is 6.07. The number of carbonyl (C=O) groups excluding carboxylic acids is 1. The molecule has 1 saturated heterocycles. The predicted octanol–water partition coefficient (Wildman–Crippen LogP) is 4.04. The summed E-state index contributed by atoms with van der Waals surface area (Å²) in [6.07, 6.45) is 2.00. The Morgan fingerprint density at radius 1 is 1.08 bits per heavy atom. The van der Waals surface area contributed by atoms with Gasteiger partial charge in [0.25, 0.3) is 5.91 Å². The Labute approximate surface area is 154 Å². The summed E-state index contributed by atoms with van der Waals surface area (Å²) in [6.45, 7) is 1.96. The fourth-order valence-electron chi connectivity index (χ4n) is 3.41. The van der Waals surface area contributed by atoms with Crippen molar-refractivity contribution in [3.63, 3.8) is 0 Å². The molecule has 1 unspecified atom stereocenters. The molecular weight excluding hydrogens is 417 g/mol. The molecule has 0 spiro atoms. The topological polar surface area (TPSA) is 38.8 Å². The standard InChI is InChI=1S/C19H18INO3/c20-15-4-1-3-14(11-15)19(22)21-8-2-5-16(21)13-6-7-17-18(12-13)24-10-9-23-17/h1,3-4,6-7,11-12,16H,2,5,8-10H2. The van der Waals surface area contributed by atoms with Crippen LogP contribution in [0.4, 0.5) is 0 Å². The van der Waals surface area contributed by atoms with Crippen molar-refractivity contribution in [2.75, 3.05) is 19.8 Å². The molecule has 2 aromatic carbocycles. The van der Waals surface area contributed by atoms with Crippen LogP contribution in [0.1, 0.15) is 34.8 Å². The van der Waals surface area contributed by atoms with Gasteiger partial charge in [-0.3, -0.25) is 4.79 Å². The molecule has 0 saturated carbocycles. The molecule has 1 amide bonds. The Morgan fingerprint density at radius 3 is 2.75 bits per heavy atom. The lowest BCUT2D eigenvalue weighted by molar-refractivity contribution is 0.0735. The molecule has 1 fully saturated rings. The van der Waals surface area contributed by atoms with E-state index in [9.17, 15) is 4.79 Å². The lowest BCUT2D eigenvalue weighted by atomic mass is 10.0. The van der Waals surface area contributed by atoms with E-state index < -0.39 is 0 Å². The lowest BCUT2D eigenvalue weighted by Crippen LogP contribution is -2.30. The Hall–Kier alpha value is -1.76. The normalized spacial score (nSPS) is 19.4. The minimum absolute atomic E-state index is 0.103. The SMILES string of the molecule is O=C(c1cccc(I)c1)N1CCCC1c1ccc2c(c1)OCCO2. The van der Waals surface area contributed by atoms with Crippen LogP contribution in [0.2, 0.25) is 0 Å². The van der Waals surface area contributed by atoms with Gasteiger partial charge in [0.1, 0.15) is 13.2 Å². The molecule has 2 heterocycles. The van der Waals surface area contributed by atoms with Crippen LogP contribution in [0, 0.1) is 3.57 Å². The van der Waals surface area contributed by atoms with E-state index in [0.717, 1.165) is 45.6 Å². The summed E-state index contributed by atoms with van der Waals surface area (Å²) in [7, 11) is 0. The number of likely N-dealkylation sites (tertiary alicyclic amines) is 1. The molecule has 0 aliphatic carbocycles. The van der Waals surface area contributed by atoms with Crippen molar-refractivity contribution in [2.45, 2.75) is 18.9 Å². The summed E-state index contributed by atoms with van der Waals surface area (Å²) in [4.78, 5) is 14.9. The second kappa shape index (κ2) is 6.63. The van der Waals surface area contributed by atoms with Crippen molar-refractivity contribution >= 4 is 28.5 Å². The number of hydrogen-bond acceptors (Lipinski definition) is 3. The van der Waals surface area contributed by atoms with E-state index in [1.54, 1.807) is 0 Å². The first kappa shape index (κ1) is 15.7. The molecule has 2 aromatic rings. The van der Waals surface area contributed by atoms with Gasteiger partial charge in [0.15, 0.2) is 11.5 Å². The van der Waals surface area contributed by atoms with Crippen molar-refractivity contribution in [3.05, 3.63) is 57.2 Å². The van der Waals surface area contributed by atoms with E-state index in [0.29, 0.717) is 13.2 Å². The van der Waals surface area contributed by atoms with Crippen LogP contribution in [0.15, 0.2) is 42.5 Å². The number of ether oxygens (including phenoxy) is 2. The van der Waals surface area contributed by atoms with Crippen LogP contribution in [0.5, 0.6) is 11.5 Å². The van der Waals surface area contributed by atoms with Crippen LogP contribution in [-0.2, 0) is 0 Å². The minimum atomic E-state index is 0.103. The number of rotatable bonds is 2. The van der Waals surface area contributed by atoms with Gasteiger partial charge in [0.2, 0.25) is 0 Å². The Balaban J connectivity index is 1.62. The monoisotopic (exact) mass is 435 g/mol. The van der Waals surface area contributed by atoms with E-state index in [2.05, 4.69) is 28.7 Å². The summed E-state index contributed by atoms with van der Waals surface area (Å²) in [6, 6.07) is 13.9. The van der Waals surface area contributed by atoms with Crippen LogP contribution in [0.3, 0.4) is 0 Å². The number of nitrogens with zero attached hydrogens (tertiary/aromatic N) is 1. The zero-order valence-corrected chi connectivity index (χ0v) is 15.4. The van der Waals surface area contributed by atoms with Gasteiger partial charge in [0.05, 0.1) is 6.04 Å². The first-order chi connectivity index (χ1) is 11.7. The van der Waals surface area contributed by atoms with Crippen molar-refractivity contribution in [2.24, 2.45) is 0 Å². The number of fused-ring (bicyclic) bond motifs is 1. The summed E-state index contributed by atoms with van der Waals surface area (Å²) >= 11 is 2.24. The van der Waals surface area contributed by atoms with Crippen molar-refractivity contribution in [1.29, 1.82) is 0 Å². The highest BCUT2D eigenvalue weighted by Crippen LogP contribution is 2.38. The highest BCUT2D eigenvalue weighted by atomic mass is 127. The molecule has 0 bridgehead atoms. The van der Waals surface area contributed by atoms with E-state index in [1.165, 1.54) is 0 Å². The summed E-state index contributed by atoms with van der Waals surface area (Å²) in [5.74, 6) is 1.68. The lowest BCUT2D eigenvalue weighted by Gasteiger charge is -2.27. The van der Waals surface area contributed by atoms with E-state index in [1.807, 2.05) is 41.3 Å². The van der Waals surface area contributed by atoms with Gasteiger partial charge in [-0.15, -0.1) is 0 Å². The third-order valence-corrected chi connectivity index (χ3v) is 5.21. The zero-order valence-electron chi connectivity index (χ0n) is 13.2. The maximum absolute atomic E-state index is 12.9. The maximum Gasteiger partial charge on any atom is 0.254 e. The molecule has 0 radical (unpaired) electrons. The fourth-order valence-corrected chi connectivity index (χ4v) is 3.95. The summed E-state index contributed by atoms with van der Waals surface area (Å²) in [5, 5.41) is 0. The third-order valence-electron chi connectivity index (χ3n) is 4.54. The second-order valence-corrected chi connectivity index (χ2v) is 7.32. The van der Waals surface area contributed by atoms with E-state index in [4.69, 9.17) is 9.47 Å². The van der Waals surface area contributed by atoms with Gasteiger partial charge in [0, 0.05) is 15.7 Å². The number of hydrogen-bond donors (Lipinski definition) is 0.